The molecule has 0 aromatic carbocycles. The van der Waals surface area contributed by atoms with Crippen molar-refractivity contribution in [1.29, 1.82) is 0 Å². The Labute approximate surface area is 88.1 Å². The third kappa shape index (κ3) is 2.87. The number of aliphatic hydroxyl groups excluding tert-OH is 4. The van der Waals surface area contributed by atoms with E-state index in [0.717, 1.165) is 6.42 Å². The average Bonchev–Trinajstić information content (AvgIpc) is 2.25. The highest BCUT2D eigenvalue weighted by Crippen LogP contribution is 2.21. The van der Waals surface area contributed by atoms with Gasteiger partial charge in [0.2, 0.25) is 0 Å². The predicted molar refractivity (Wildman–Crippen MR) is 50.0 cm³/mol. The summed E-state index contributed by atoms with van der Waals surface area (Å²) in [6.45, 7) is 1.84. The molecule has 1 fully saturated rings. The van der Waals surface area contributed by atoms with Gasteiger partial charge < -0.3 is 29.9 Å². The molecule has 1 rings (SSSR count). The van der Waals surface area contributed by atoms with E-state index in [0.29, 0.717) is 6.61 Å². The molecule has 0 amide bonds. The van der Waals surface area contributed by atoms with E-state index in [1.165, 1.54) is 0 Å². The summed E-state index contributed by atoms with van der Waals surface area (Å²) in [7, 11) is 0. The maximum atomic E-state index is 9.51. The van der Waals surface area contributed by atoms with E-state index in [1.54, 1.807) is 0 Å². The Morgan fingerprint density at radius 1 is 1.13 bits per heavy atom. The molecule has 1 unspecified atom stereocenters. The average molecular weight is 222 g/mol. The molecule has 90 valence electrons. The van der Waals surface area contributed by atoms with Gasteiger partial charge in [0.25, 0.3) is 0 Å². The molecule has 1 aliphatic rings. The zero-order chi connectivity index (χ0) is 11.4. The van der Waals surface area contributed by atoms with Gasteiger partial charge in [-0.3, -0.25) is 0 Å². The lowest BCUT2D eigenvalue weighted by atomic mass is 9.99. The summed E-state index contributed by atoms with van der Waals surface area (Å²) in [5.74, 6) is 0. The number of ether oxygens (including phenoxy) is 2. The Hall–Kier alpha value is -0.240. The highest BCUT2D eigenvalue weighted by Gasteiger charge is 2.43. The number of hydrogen-bond acceptors (Lipinski definition) is 6. The quantitative estimate of drug-likeness (QED) is 0.448. The summed E-state index contributed by atoms with van der Waals surface area (Å²) >= 11 is 0. The van der Waals surface area contributed by atoms with Crippen molar-refractivity contribution in [2.45, 2.75) is 44.1 Å². The fraction of sp³-hybridized carbons (Fsp3) is 1.00. The van der Waals surface area contributed by atoms with E-state index in [-0.39, 0.29) is 0 Å². The van der Waals surface area contributed by atoms with Crippen molar-refractivity contribution in [2.24, 2.45) is 0 Å². The van der Waals surface area contributed by atoms with Crippen molar-refractivity contribution < 1.29 is 29.9 Å². The molecule has 0 bridgehead atoms. The van der Waals surface area contributed by atoms with E-state index >= 15 is 0 Å². The molecule has 4 N–H and O–H groups in total. The Morgan fingerprint density at radius 2 is 1.80 bits per heavy atom. The summed E-state index contributed by atoms with van der Waals surface area (Å²) in [5, 5.41) is 37.2. The Bertz CT molecular complexity index is 185. The van der Waals surface area contributed by atoms with E-state index in [9.17, 15) is 15.3 Å². The molecule has 1 aliphatic heterocycles. The summed E-state index contributed by atoms with van der Waals surface area (Å²) in [5.41, 5.74) is 0. The number of aliphatic hydroxyl groups is 4. The number of rotatable bonds is 4. The van der Waals surface area contributed by atoms with Crippen LogP contribution in [0, 0.1) is 0 Å². The lowest BCUT2D eigenvalue weighted by Crippen LogP contribution is -2.59. The van der Waals surface area contributed by atoms with Gasteiger partial charge >= 0.3 is 0 Å². The summed E-state index contributed by atoms with van der Waals surface area (Å²) in [6.07, 6.45) is -5.14. The monoisotopic (exact) mass is 222 g/mol. The van der Waals surface area contributed by atoms with Gasteiger partial charge in [0, 0.05) is 6.61 Å². The first-order valence-electron chi connectivity index (χ1n) is 5.04. The molecule has 0 saturated carbocycles. The van der Waals surface area contributed by atoms with Crippen molar-refractivity contribution in [1.82, 2.24) is 0 Å². The molecule has 6 heteroatoms. The Balaban J connectivity index is 2.57. The maximum absolute atomic E-state index is 9.51. The Morgan fingerprint density at radius 3 is 2.33 bits per heavy atom. The van der Waals surface area contributed by atoms with Crippen LogP contribution in [0.15, 0.2) is 0 Å². The van der Waals surface area contributed by atoms with Gasteiger partial charge in [0.1, 0.15) is 24.4 Å². The normalized spacial score (nSPS) is 41.8. The van der Waals surface area contributed by atoms with Crippen molar-refractivity contribution in [3.8, 4) is 0 Å². The minimum Gasteiger partial charge on any atom is -0.394 e. The van der Waals surface area contributed by atoms with Crippen LogP contribution >= 0.6 is 0 Å². The molecular formula is C9H18O6. The molecule has 15 heavy (non-hydrogen) atoms. The van der Waals surface area contributed by atoms with Crippen LogP contribution in [0.25, 0.3) is 0 Å². The zero-order valence-electron chi connectivity index (χ0n) is 8.61. The largest absolute Gasteiger partial charge is 0.394 e. The second-order valence-electron chi connectivity index (χ2n) is 3.57. The first kappa shape index (κ1) is 12.8. The predicted octanol–water partition coefficient (Wildman–Crippen LogP) is -1.79. The van der Waals surface area contributed by atoms with Crippen LogP contribution in [-0.2, 0) is 9.47 Å². The highest BCUT2D eigenvalue weighted by atomic mass is 16.7. The molecule has 1 heterocycles. The van der Waals surface area contributed by atoms with Crippen molar-refractivity contribution in [2.75, 3.05) is 13.2 Å². The SMILES string of the molecule is CCCOC1O[C@H](CO)[C@H](O)[C@H](O)[C@H]1O. The van der Waals surface area contributed by atoms with Crippen LogP contribution in [-0.4, -0.2) is 64.3 Å². The van der Waals surface area contributed by atoms with Gasteiger partial charge in [-0.05, 0) is 6.42 Å². The molecule has 5 atom stereocenters. The molecule has 0 spiro atoms. The van der Waals surface area contributed by atoms with Gasteiger partial charge in [-0.2, -0.15) is 0 Å². The lowest BCUT2D eigenvalue weighted by Gasteiger charge is -2.39. The Kier molecular flexibility index (Phi) is 4.91. The fourth-order valence-corrected chi connectivity index (χ4v) is 1.44. The summed E-state index contributed by atoms with van der Waals surface area (Å²) in [6, 6.07) is 0. The molecule has 0 aromatic heterocycles. The third-order valence-corrected chi connectivity index (χ3v) is 2.33. The van der Waals surface area contributed by atoms with Crippen LogP contribution in [0.4, 0.5) is 0 Å². The van der Waals surface area contributed by atoms with Crippen molar-refractivity contribution in [3.05, 3.63) is 0 Å². The second kappa shape index (κ2) is 5.74. The zero-order valence-corrected chi connectivity index (χ0v) is 8.61. The molecule has 6 nitrogen and oxygen atoms in total. The van der Waals surface area contributed by atoms with E-state index in [1.807, 2.05) is 6.92 Å². The first-order valence-corrected chi connectivity index (χ1v) is 5.04. The smallest absolute Gasteiger partial charge is 0.186 e. The van der Waals surface area contributed by atoms with Crippen molar-refractivity contribution >= 4 is 0 Å². The van der Waals surface area contributed by atoms with Crippen LogP contribution in [0.3, 0.4) is 0 Å². The van der Waals surface area contributed by atoms with Crippen LogP contribution in [0.5, 0.6) is 0 Å². The molecule has 0 aliphatic carbocycles. The molecular weight excluding hydrogens is 204 g/mol. The number of hydrogen-bond donors (Lipinski definition) is 4. The lowest BCUT2D eigenvalue weighted by molar-refractivity contribution is -0.300. The standard InChI is InChI=1S/C9H18O6/c1-2-3-14-9-8(13)7(12)6(11)5(4-10)15-9/h5-13H,2-4H2,1H3/t5-,6+,7+,8-,9?/m1/s1. The van der Waals surface area contributed by atoms with Gasteiger partial charge in [0.15, 0.2) is 6.29 Å². The van der Waals surface area contributed by atoms with E-state index < -0.39 is 37.3 Å². The first-order chi connectivity index (χ1) is 7.11. The third-order valence-electron chi connectivity index (χ3n) is 2.33. The minimum absolute atomic E-state index is 0.378. The fourth-order valence-electron chi connectivity index (χ4n) is 1.44. The highest BCUT2D eigenvalue weighted by molar-refractivity contribution is 4.88. The van der Waals surface area contributed by atoms with Gasteiger partial charge in [0.05, 0.1) is 6.61 Å². The molecule has 0 radical (unpaired) electrons. The summed E-state index contributed by atoms with van der Waals surface area (Å²) < 4.78 is 10.2. The minimum atomic E-state index is -1.36. The second-order valence-corrected chi connectivity index (χ2v) is 3.57. The molecule has 1 saturated heterocycles. The van der Waals surface area contributed by atoms with Crippen LogP contribution < -0.4 is 0 Å². The van der Waals surface area contributed by atoms with E-state index in [4.69, 9.17) is 14.6 Å². The topological polar surface area (TPSA) is 99.4 Å². The van der Waals surface area contributed by atoms with Gasteiger partial charge in [-0.1, -0.05) is 6.92 Å². The van der Waals surface area contributed by atoms with Crippen LogP contribution in [0.1, 0.15) is 13.3 Å². The van der Waals surface area contributed by atoms with Gasteiger partial charge in [-0.15, -0.1) is 0 Å². The summed E-state index contributed by atoms with van der Waals surface area (Å²) in [4.78, 5) is 0. The molecule has 0 aromatic rings. The van der Waals surface area contributed by atoms with E-state index in [2.05, 4.69) is 0 Å². The van der Waals surface area contributed by atoms with Crippen LogP contribution in [0.2, 0.25) is 0 Å². The maximum Gasteiger partial charge on any atom is 0.186 e. The van der Waals surface area contributed by atoms with Gasteiger partial charge in [-0.25, -0.2) is 0 Å². The van der Waals surface area contributed by atoms with Crippen molar-refractivity contribution in [3.63, 3.8) is 0 Å².